The Labute approximate surface area is 167 Å². The minimum absolute atomic E-state index is 0.417. The SMILES string of the molecule is NC(=O)C(Sc1nnc(-c2ccccc2)n1-c1ccccc1)c1ccccc1. The zero-order chi connectivity index (χ0) is 19.3. The molecule has 2 N–H and O–H groups in total. The molecule has 0 spiro atoms. The molecule has 0 aliphatic carbocycles. The molecule has 1 amide bonds. The third-order valence-electron chi connectivity index (χ3n) is 4.26. The number of hydrogen-bond acceptors (Lipinski definition) is 4. The predicted molar refractivity (Wildman–Crippen MR) is 111 cm³/mol. The summed E-state index contributed by atoms with van der Waals surface area (Å²) in [6.45, 7) is 0. The number of para-hydroxylation sites is 1. The fourth-order valence-corrected chi connectivity index (χ4v) is 3.96. The van der Waals surface area contributed by atoms with E-state index < -0.39 is 11.2 Å². The smallest absolute Gasteiger partial charge is 0.235 e. The number of primary amides is 1. The minimum atomic E-state index is -0.559. The molecule has 1 unspecified atom stereocenters. The fraction of sp³-hybridized carbons (Fsp3) is 0.0455. The lowest BCUT2D eigenvalue weighted by molar-refractivity contribution is -0.117. The molecule has 0 saturated heterocycles. The first kappa shape index (κ1) is 18.0. The molecule has 6 heteroatoms. The van der Waals surface area contributed by atoms with Crippen molar-refractivity contribution in [2.45, 2.75) is 10.4 Å². The van der Waals surface area contributed by atoms with Crippen molar-refractivity contribution in [1.29, 1.82) is 0 Å². The van der Waals surface area contributed by atoms with Gasteiger partial charge >= 0.3 is 0 Å². The highest BCUT2D eigenvalue weighted by Gasteiger charge is 2.24. The zero-order valence-electron chi connectivity index (χ0n) is 15.0. The van der Waals surface area contributed by atoms with Gasteiger partial charge in [-0.2, -0.15) is 0 Å². The van der Waals surface area contributed by atoms with E-state index >= 15 is 0 Å². The number of carbonyl (C=O) groups is 1. The molecule has 0 saturated carbocycles. The second-order valence-electron chi connectivity index (χ2n) is 6.15. The van der Waals surface area contributed by atoms with Gasteiger partial charge in [-0.15, -0.1) is 10.2 Å². The van der Waals surface area contributed by atoms with E-state index in [1.807, 2.05) is 95.6 Å². The van der Waals surface area contributed by atoms with Crippen LogP contribution in [0, 0.1) is 0 Å². The maximum atomic E-state index is 12.2. The topological polar surface area (TPSA) is 73.8 Å². The molecule has 1 heterocycles. The second-order valence-corrected chi connectivity index (χ2v) is 7.23. The maximum absolute atomic E-state index is 12.2. The molecule has 3 aromatic carbocycles. The van der Waals surface area contributed by atoms with Crippen LogP contribution in [0.25, 0.3) is 17.1 Å². The van der Waals surface area contributed by atoms with E-state index in [-0.39, 0.29) is 0 Å². The second kappa shape index (κ2) is 8.10. The van der Waals surface area contributed by atoms with E-state index in [0.717, 1.165) is 16.8 Å². The summed E-state index contributed by atoms with van der Waals surface area (Å²) in [6.07, 6.45) is 0. The highest BCUT2D eigenvalue weighted by Crippen LogP contribution is 2.37. The molecular weight excluding hydrogens is 368 g/mol. The summed E-state index contributed by atoms with van der Waals surface area (Å²) in [5, 5.41) is 8.84. The van der Waals surface area contributed by atoms with Crippen molar-refractivity contribution in [2.24, 2.45) is 5.73 Å². The number of amides is 1. The molecule has 4 rings (SSSR count). The van der Waals surface area contributed by atoms with Crippen LogP contribution < -0.4 is 5.73 Å². The lowest BCUT2D eigenvalue weighted by atomic mass is 10.1. The Bertz CT molecular complexity index is 1070. The number of nitrogens with two attached hydrogens (primary N) is 1. The van der Waals surface area contributed by atoms with Gasteiger partial charge in [0.15, 0.2) is 11.0 Å². The molecular formula is C22H18N4OS. The van der Waals surface area contributed by atoms with Crippen LogP contribution in [0.15, 0.2) is 96.2 Å². The standard InChI is InChI=1S/C22H18N4OS/c23-20(27)19(16-10-4-1-5-11-16)28-22-25-24-21(17-12-6-2-7-13-17)26(22)18-14-8-3-9-15-18/h1-15,19H,(H2,23,27). The van der Waals surface area contributed by atoms with Crippen LogP contribution in [0.4, 0.5) is 0 Å². The van der Waals surface area contributed by atoms with E-state index in [1.165, 1.54) is 11.8 Å². The highest BCUT2D eigenvalue weighted by molar-refractivity contribution is 8.00. The third kappa shape index (κ3) is 3.68. The van der Waals surface area contributed by atoms with Crippen LogP contribution in [-0.2, 0) is 4.79 Å². The van der Waals surface area contributed by atoms with E-state index in [4.69, 9.17) is 5.73 Å². The van der Waals surface area contributed by atoms with Gasteiger partial charge in [-0.05, 0) is 17.7 Å². The molecule has 1 aromatic heterocycles. The Morgan fingerprint density at radius 2 is 1.39 bits per heavy atom. The van der Waals surface area contributed by atoms with Gasteiger partial charge < -0.3 is 5.73 Å². The molecule has 5 nitrogen and oxygen atoms in total. The highest BCUT2D eigenvalue weighted by atomic mass is 32.2. The monoisotopic (exact) mass is 386 g/mol. The Balaban J connectivity index is 1.81. The first-order valence-corrected chi connectivity index (χ1v) is 9.69. The van der Waals surface area contributed by atoms with E-state index in [9.17, 15) is 4.79 Å². The number of carbonyl (C=O) groups excluding carboxylic acids is 1. The van der Waals surface area contributed by atoms with E-state index in [2.05, 4.69) is 10.2 Å². The largest absolute Gasteiger partial charge is 0.368 e. The van der Waals surface area contributed by atoms with E-state index in [0.29, 0.717) is 11.0 Å². The van der Waals surface area contributed by atoms with Crippen molar-refractivity contribution in [3.8, 4) is 17.1 Å². The van der Waals surface area contributed by atoms with Crippen molar-refractivity contribution in [3.63, 3.8) is 0 Å². The molecule has 0 aliphatic rings. The average molecular weight is 386 g/mol. The third-order valence-corrected chi connectivity index (χ3v) is 5.48. The van der Waals surface area contributed by atoms with E-state index in [1.54, 1.807) is 0 Å². The Hall–Kier alpha value is -3.38. The van der Waals surface area contributed by atoms with Gasteiger partial charge in [-0.25, -0.2) is 0 Å². The normalized spacial score (nSPS) is 11.9. The number of thioether (sulfide) groups is 1. The molecule has 0 bridgehead atoms. The van der Waals surface area contributed by atoms with Gasteiger partial charge in [0.1, 0.15) is 5.25 Å². The van der Waals surface area contributed by atoms with Crippen molar-refractivity contribution >= 4 is 17.7 Å². The first-order valence-electron chi connectivity index (χ1n) is 8.81. The summed E-state index contributed by atoms with van der Waals surface area (Å²) < 4.78 is 1.96. The van der Waals surface area contributed by atoms with Crippen molar-refractivity contribution in [1.82, 2.24) is 14.8 Å². The number of nitrogens with zero attached hydrogens (tertiary/aromatic N) is 3. The van der Waals surface area contributed by atoms with Crippen LogP contribution in [-0.4, -0.2) is 20.7 Å². The van der Waals surface area contributed by atoms with Crippen molar-refractivity contribution in [2.75, 3.05) is 0 Å². The van der Waals surface area contributed by atoms with Crippen molar-refractivity contribution < 1.29 is 4.79 Å². The molecule has 138 valence electrons. The predicted octanol–water partition coefficient (Wildman–Crippen LogP) is 4.25. The summed E-state index contributed by atoms with van der Waals surface area (Å²) in [5.41, 5.74) is 8.41. The Morgan fingerprint density at radius 1 is 0.821 bits per heavy atom. The number of benzene rings is 3. The van der Waals surface area contributed by atoms with Crippen LogP contribution in [0.2, 0.25) is 0 Å². The van der Waals surface area contributed by atoms with Gasteiger partial charge in [0.2, 0.25) is 5.91 Å². The molecule has 0 fully saturated rings. The minimum Gasteiger partial charge on any atom is -0.368 e. The summed E-state index contributed by atoms with van der Waals surface area (Å²) >= 11 is 1.30. The summed E-state index contributed by atoms with van der Waals surface area (Å²) in [7, 11) is 0. The summed E-state index contributed by atoms with van der Waals surface area (Å²) in [5.74, 6) is 0.297. The van der Waals surface area contributed by atoms with Gasteiger partial charge in [-0.3, -0.25) is 9.36 Å². The van der Waals surface area contributed by atoms with Gasteiger partial charge in [-0.1, -0.05) is 90.6 Å². The molecule has 28 heavy (non-hydrogen) atoms. The first-order chi connectivity index (χ1) is 13.7. The number of hydrogen-bond donors (Lipinski definition) is 1. The molecule has 0 radical (unpaired) electrons. The lowest BCUT2D eigenvalue weighted by Gasteiger charge is -2.15. The number of aromatic nitrogens is 3. The Morgan fingerprint density at radius 3 is 2.00 bits per heavy atom. The lowest BCUT2D eigenvalue weighted by Crippen LogP contribution is -2.19. The summed E-state index contributed by atoms with van der Waals surface area (Å²) in [4.78, 5) is 12.2. The fourth-order valence-electron chi connectivity index (χ4n) is 2.95. The maximum Gasteiger partial charge on any atom is 0.235 e. The Kier molecular flexibility index (Phi) is 5.21. The van der Waals surface area contributed by atoms with Gasteiger partial charge in [0.05, 0.1) is 0 Å². The van der Waals surface area contributed by atoms with Crippen LogP contribution in [0.3, 0.4) is 0 Å². The molecule has 1 atom stereocenters. The van der Waals surface area contributed by atoms with Crippen LogP contribution in [0.1, 0.15) is 10.8 Å². The number of rotatable bonds is 6. The summed E-state index contributed by atoms with van der Waals surface area (Å²) in [6, 6.07) is 29.2. The molecule has 4 aromatic rings. The van der Waals surface area contributed by atoms with Crippen molar-refractivity contribution in [3.05, 3.63) is 96.6 Å². The van der Waals surface area contributed by atoms with Crippen LogP contribution in [0.5, 0.6) is 0 Å². The quantitative estimate of drug-likeness (QED) is 0.503. The average Bonchev–Trinajstić information content (AvgIpc) is 3.17. The zero-order valence-corrected chi connectivity index (χ0v) is 15.8. The van der Waals surface area contributed by atoms with Crippen LogP contribution >= 0.6 is 11.8 Å². The molecule has 0 aliphatic heterocycles. The van der Waals surface area contributed by atoms with Gasteiger partial charge in [0.25, 0.3) is 0 Å². The van der Waals surface area contributed by atoms with Gasteiger partial charge in [0, 0.05) is 11.3 Å².